The number of nitrogens with zero attached hydrogens (tertiary/aromatic N) is 1. The third-order valence-electron chi connectivity index (χ3n) is 2.46. The molecule has 0 heterocycles. The SMILES string of the molecule is CCN(C)C(=O)c1cccc(C(F)(F)F)c1N. The van der Waals surface area contributed by atoms with Gasteiger partial charge in [0.05, 0.1) is 16.8 Å². The number of anilines is 1. The first-order valence-electron chi connectivity index (χ1n) is 5.00. The minimum absolute atomic E-state index is 0.121. The van der Waals surface area contributed by atoms with Crippen LogP contribution in [-0.4, -0.2) is 24.4 Å². The molecule has 0 aromatic heterocycles. The standard InChI is InChI=1S/C11H13F3N2O/c1-3-16(2)10(17)7-5-4-6-8(9(7)15)11(12,13)14/h4-6H,3,15H2,1-2H3. The Labute approximate surface area is 97.0 Å². The van der Waals surface area contributed by atoms with E-state index in [4.69, 9.17) is 5.73 Å². The maximum Gasteiger partial charge on any atom is 0.418 e. The monoisotopic (exact) mass is 246 g/mol. The lowest BCUT2D eigenvalue weighted by molar-refractivity contribution is -0.136. The van der Waals surface area contributed by atoms with Crippen molar-refractivity contribution in [3.05, 3.63) is 29.3 Å². The maximum atomic E-state index is 12.6. The van der Waals surface area contributed by atoms with Gasteiger partial charge in [-0.1, -0.05) is 6.07 Å². The molecule has 0 spiro atoms. The Morgan fingerprint density at radius 3 is 2.47 bits per heavy atom. The summed E-state index contributed by atoms with van der Waals surface area (Å²) in [6, 6.07) is 3.33. The topological polar surface area (TPSA) is 46.3 Å². The molecular formula is C11H13F3N2O. The fourth-order valence-electron chi connectivity index (χ4n) is 1.35. The van der Waals surface area contributed by atoms with Gasteiger partial charge in [0.1, 0.15) is 0 Å². The van der Waals surface area contributed by atoms with E-state index in [0.29, 0.717) is 6.54 Å². The third-order valence-corrected chi connectivity index (χ3v) is 2.46. The molecule has 1 rings (SSSR count). The van der Waals surface area contributed by atoms with Crippen LogP contribution in [0.15, 0.2) is 18.2 Å². The Morgan fingerprint density at radius 1 is 1.41 bits per heavy atom. The van der Waals surface area contributed by atoms with Crippen molar-refractivity contribution in [3.63, 3.8) is 0 Å². The first-order chi connectivity index (χ1) is 7.79. The van der Waals surface area contributed by atoms with E-state index in [9.17, 15) is 18.0 Å². The van der Waals surface area contributed by atoms with Crippen LogP contribution in [0.5, 0.6) is 0 Å². The number of nitrogen functional groups attached to an aromatic ring is 1. The zero-order valence-corrected chi connectivity index (χ0v) is 9.51. The molecule has 0 fully saturated rings. The largest absolute Gasteiger partial charge is 0.418 e. The van der Waals surface area contributed by atoms with Crippen molar-refractivity contribution in [2.75, 3.05) is 19.3 Å². The lowest BCUT2D eigenvalue weighted by Crippen LogP contribution is -2.27. The first kappa shape index (κ1) is 13.3. The molecule has 0 radical (unpaired) electrons. The number of para-hydroxylation sites is 1. The van der Waals surface area contributed by atoms with Crippen molar-refractivity contribution >= 4 is 11.6 Å². The predicted molar refractivity (Wildman–Crippen MR) is 58.5 cm³/mol. The summed E-state index contributed by atoms with van der Waals surface area (Å²) in [5, 5.41) is 0. The van der Waals surface area contributed by atoms with Crippen molar-refractivity contribution < 1.29 is 18.0 Å². The Morgan fingerprint density at radius 2 is 2.00 bits per heavy atom. The summed E-state index contributed by atoms with van der Waals surface area (Å²) >= 11 is 0. The zero-order valence-electron chi connectivity index (χ0n) is 9.51. The smallest absolute Gasteiger partial charge is 0.398 e. The number of carbonyl (C=O) groups excluding carboxylic acids is 1. The number of hydrogen-bond acceptors (Lipinski definition) is 2. The van der Waals surface area contributed by atoms with Crippen LogP contribution in [0.1, 0.15) is 22.8 Å². The van der Waals surface area contributed by atoms with Gasteiger partial charge in [-0.3, -0.25) is 4.79 Å². The van der Waals surface area contributed by atoms with Crippen molar-refractivity contribution in [1.29, 1.82) is 0 Å². The highest BCUT2D eigenvalue weighted by Crippen LogP contribution is 2.35. The van der Waals surface area contributed by atoms with E-state index in [0.717, 1.165) is 6.07 Å². The van der Waals surface area contributed by atoms with Gasteiger partial charge in [-0.15, -0.1) is 0 Å². The zero-order chi connectivity index (χ0) is 13.2. The van der Waals surface area contributed by atoms with E-state index in [1.807, 2.05) is 0 Å². The van der Waals surface area contributed by atoms with E-state index in [-0.39, 0.29) is 5.56 Å². The molecule has 2 N–H and O–H groups in total. The maximum absolute atomic E-state index is 12.6. The van der Waals surface area contributed by atoms with Gasteiger partial charge >= 0.3 is 6.18 Å². The van der Waals surface area contributed by atoms with Crippen molar-refractivity contribution in [3.8, 4) is 0 Å². The molecule has 94 valence electrons. The minimum Gasteiger partial charge on any atom is -0.398 e. The second-order valence-electron chi connectivity index (χ2n) is 3.58. The van der Waals surface area contributed by atoms with Crippen molar-refractivity contribution in [2.45, 2.75) is 13.1 Å². The quantitative estimate of drug-likeness (QED) is 0.814. The van der Waals surface area contributed by atoms with Crippen LogP contribution in [0, 0.1) is 0 Å². The molecule has 0 bridgehead atoms. The summed E-state index contributed by atoms with van der Waals surface area (Å²) in [6.45, 7) is 2.12. The number of amides is 1. The van der Waals surface area contributed by atoms with Crippen molar-refractivity contribution in [1.82, 2.24) is 4.90 Å². The Balaban J connectivity index is 3.24. The summed E-state index contributed by atoms with van der Waals surface area (Å²) in [6.07, 6.45) is -4.55. The molecule has 3 nitrogen and oxygen atoms in total. The molecule has 0 aliphatic heterocycles. The Hall–Kier alpha value is -1.72. The minimum atomic E-state index is -4.55. The number of hydrogen-bond donors (Lipinski definition) is 1. The van der Waals surface area contributed by atoms with Gasteiger partial charge in [-0.25, -0.2) is 0 Å². The summed E-state index contributed by atoms with van der Waals surface area (Å²) in [4.78, 5) is 13.1. The second-order valence-corrected chi connectivity index (χ2v) is 3.58. The van der Waals surface area contributed by atoms with Crippen molar-refractivity contribution in [2.24, 2.45) is 0 Å². The fraction of sp³-hybridized carbons (Fsp3) is 0.364. The summed E-state index contributed by atoms with van der Waals surface area (Å²) in [5.74, 6) is -0.518. The van der Waals surface area contributed by atoms with Gasteiger partial charge in [-0.05, 0) is 19.1 Å². The van der Waals surface area contributed by atoms with Gasteiger partial charge in [-0.2, -0.15) is 13.2 Å². The van der Waals surface area contributed by atoms with Crippen LogP contribution in [0.2, 0.25) is 0 Å². The number of rotatable bonds is 2. The molecule has 0 aliphatic carbocycles. The van der Waals surface area contributed by atoms with E-state index in [1.54, 1.807) is 6.92 Å². The number of halogens is 3. The van der Waals surface area contributed by atoms with Crippen LogP contribution in [0.25, 0.3) is 0 Å². The Kier molecular flexibility index (Phi) is 3.65. The average molecular weight is 246 g/mol. The summed E-state index contributed by atoms with van der Waals surface area (Å²) in [7, 11) is 1.50. The number of nitrogens with two attached hydrogens (primary N) is 1. The van der Waals surface area contributed by atoms with E-state index in [2.05, 4.69) is 0 Å². The third kappa shape index (κ3) is 2.69. The lowest BCUT2D eigenvalue weighted by atomic mass is 10.1. The summed E-state index contributed by atoms with van der Waals surface area (Å²) in [5.41, 5.74) is 3.77. The van der Waals surface area contributed by atoms with Crippen LogP contribution >= 0.6 is 0 Å². The van der Waals surface area contributed by atoms with E-state index >= 15 is 0 Å². The molecule has 1 amide bonds. The fourth-order valence-corrected chi connectivity index (χ4v) is 1.35. The highest BCUT2D eigenvalue weighted by molar-refractivity contribution is 5.99. The molecule has 6 heteroatoms. The van der Waals surface area contributed by atoms with Gasteiger partial charge in [0.25, 0.3) is 5.91 Å². The van der Waals surface area contributed by atoms with E-state index < -0.39 is 23.3 Å². The highest BCUT2D eigenvalue weighted by atomic mass is 19.4. The van der Waals surface area contributed by atoms with Gasteiger partial charge in [0.15, 0.2) is 0 Å². The lowest BCUT2D eigenvalue weighted by Gasteiger charge is -2.18. The molecule has 17 heavy (non-hydrogen) atoms. The molecule has 0 saturated heterocycles. The molecule has 0 saturated carbocycles. The predicted octanol–water partition coefficient (Wildman–Crippen LogP) is 2.38. The van der Waals surface area contributed by atoms with Crippen LogP contribution in [0.4, 0.5) is 18.9 Å². The van der Waals surface area contributed by atoms with Crippen LogP contribution < -0.4 is 5.73 Å². The highest BCUT2D eigenvalue weighted by Gasteiger charge is 2.34. The summed E-state index contributed by atoms with van der Waals surface area (Å²) < 4.78 is 37.7. The molecule has 0 atom stereocenters. The van der Waals surface area contributed by atoms with Gasteiger partial charge < -0.3 is 10.6 Å². The van der Waals surface area contributed by atoms with Gasteiger partial charge in [0.2, 0.25) is 0 Å². The molecule has 0 aliphatic rings. The van der Waals surface area contributed by atoms with E-state index in [1.165, 1.54) is 24.1 Å². The molecule has 1 aromatic rings. The normalized spacial score (nSPS) is 11.4. The molecular weight excluding hydrogens is 233 g/mol. The number of benzene rings is 1. The van der Waals surface area contributed by atoms with Gasteiger partial charge in [0, 0.05) is 13.6 Å². The average Bonchev–Trinajstić information content (AvgIpc) is 2.25. The second kappa shape index (κ2) is 4.65. The van der Waals surface area contributed by atoms with Crippen LogP contribution in [-0.2, 0) is 6.18 Å². The number of alkyl halides is 3. The number of carbonyl (C=O) groups is 1. The first-order valence-corrected chi connectivity index (χ1v) is 5.00. The molecule has 0 unspecified atom stereocenters. The molecule has 1 aromatic carbocycles. The van der Waals surface area contributed by atoms with Crippen LogP contribution in [0.3, 0.4) is 0 Å². The Bertz CT molecular complexity index is 429.